The van der Waals surface area contributed by atoms with Crippen molar-refractivity contribution < 1.29 is 14.3 Å². The van der Waals surface area contributed by atoms with E-state index in [1.807, 2.05) is 54.8 Å². The Kier molecular flexibility index (Phi) is 7.25. The van der Waals surface area contributed by atoms with Crippen LogP contribution in [0.15, 0.2) is 24.3 Å². The predicted octanol–water partition coefficient (Wildman–Crippen LogP) is 1.39. The van der Waals surface area contributed by atoms with Gasteiger partial charge in [-0.25, -0.2) is 0 Å². The van der Waals surface area contributed by atoms with Gasteiger partial charge in [-0.2, -0.15) is 0 Å². The van der Waals surface area contributed by atoms with E-state index in [-0.39, 0.29) is 18.4 Å². The van der Waals surface area contributed by atoms with Crippen molar-refractivity contribution in [2.75, 3.05) is 52.4 Å². The Balaban J connectivity index is 1.74. The second kappa shape index (κ2) is 9.42. The van der Waals surface area contributed by atoms with Crippen molar-refractivity contribution in [3.8, 4) is 5.75 Å². The molecule has 1 aliphatic rings. The fourth-order valence-corrected chi connectivity index (χ4v) is 2.96. The minimum absolute atomic E-state index is 0.00349. The summed E-state index contributed by atoms with van der Waals surface area (Å²) in [4.78, 5) is 30.2. The van der Waals surface area contributed by atoms with Crippen LogP contribution in [0.1, 0.15) is 19.4 Å². The van der Waals surface area contributed by atoms with E-state index in [2.05, 4.69) is 4.90 Å². The molecule has 138 valence electrons. The Labute approximate surface area is 150 Å². The number of hydrogen-bond acceptors (Lipinski definition) is 4. The third-order valence-electron chi connectivity index (χ3n) is 4.55. The molecule has 0 unspecified atom stereocenters. The lowest BCUT2D eigenvalue weighted by molar-refractivity contribution is -0.136. The first-order chi connectivity index (χ1) is 12.0. The predicted molar refractivity (Wildman–Crippen MR) is 97.6 cm³/mol. The van der Waals surface area contributed by atoms with Gasteiger partial charge in [0.25, 0.3) is 5.91 Å². The van der Waals surface area contributed by atoms with Crippen LogP contribution in [0.4, 0.5) is 0 Å². The van der Waals surface area contributed by atoms with Gasteiger partial charge >= 0.3 is 0 Å². The van der Waals surface area contributed by atoms with E-state index in [0.717, 1.165) is 37.5 Å². The van der Waals surface area contributed by atoms with Gasteiger partial charge < -0.3 is 14.5 Å². The third-order valence-corrected chi connectivity index (χ3v) is 4.55. The fraction of sp³-hybridized carbons (Fsp3) is 0.579. The van der Waals surface area contributed by atoms with Crippen LogP contribution in [0.2, 0.25) is 0 Å². The van der Waals surface area contributed by atoms with Gasteiger partial charge in [0.05, 0.1) is 6.54 Å². The number of likely N-dealkylation sites (N-methyl/N-ethyl adjacent to an activating group) is 1. The average Bonchev–Trinajstić information content (AvgIpc) is 2.61. The molecule has 0 atom stereocenters. The van der Waals surface area contributed by atoms with Crippen molar-refractivity contribution in [2.45, 2.75) is 20.8 Å². The van der Waals surface area contributed by atoms with E-state index in [1.165, 1.54) is 0 Å². The summed E-state index contributed by atoms with van der Waals surface area (Å²) >= 11 is 0. The minimum atomic E-state index is -0.00349. The summed E-state index contributed by atoms with van der Waals surface area (Å²) in [6.07, 6.45) is 0. The number of piperazine rings is 1. The molecule has 0 aromatic heterocycles. The summed E-state index contributed by atoms with van der Waals surface area (Å²) in [5.41, 5.74) is 1.11. The number of nitrogens with zero attached hydrogens (tertiary/aromatic N) is 3. The van der Waals surface area contributed by atoms with E-state index in [4.69, 9.17) is 4.74 Å². The molecule has 0 N–H and O–H groups in total. The van der Waals surface area contributed by atoms with Crippen LogP contribution in [-0.2, 0) is 9.59 Å². The highest BCUT2D eigenvalue weighted by Crippen LogP contribution is 2.12. The van der Waals surface area contributed by atoms with Crippen LogP contribution in [-0.4, -0.2) is 78.9 Å². The van der Waals surface area contributed by atoms with Gasteiger partial charge in [-0.15, -0.1) is 0 Å². The monoisotopic (exact) mass is 347 g/mol. The highest BCUT2D eigenvalue weighted by atomic mass is 16.5. The van der Waals surface area contributed by atoms with Gasteiger partial charge in [-0.05, 0) is 38.5 Å². The van der Waals surface area contributed by atoms with E-state index in [0.29, 0.717) is 19.6 Å². The van der Waals surface area contributed by atoms with Crippen molar-refractivity contribution in [2.24, 2.45) is 0 Å². The molecule has 1 fully saturated rings. The molecule has 0 radical (unpaired) electrons. The normalized spacial score (nSPS) is 15.1. The van der Waals surface area contributed by atoms with Gasteiger partial charge in [0.15, 0.2) is 6.61 Å². The van der Waals surface area contributed by atoms with Crippen molar-refractivity contribution in [3.63, 3.8) is 0 Å². The zero-order valence-corrected chi connectivity index (χ0v) is 15.5. The average molecular weight is 347 g/mol. The molecule has 1 saturated heterocycles. The molecular formula is C19H29N3O3. The minimum Gasteiger partial charge on any atom is -0.484 e. The van der Waals surface area contributed by atoms with Crippen LogP contribution in [0.3, 0.4) is 0 Å². The second-order valence-electron chi connectivity index (χ2n) is 6.33. The summed E-state index contributed by atoms with van der Waals surface area (Å²) < 4.78 is 5.59. The van der Waals surface area contributed by atoms with Crippen molar-refractivity contribution >= 4 is 11.8 Å². The molecule has 1 aliphatic heterocycles. The quantitative estimate of drug-likeness (QED) is 0.748. The Morgan fingerprint density at radius 3 is 2.40 bits per heavy atom. The fourth-order valence-electron chi connectivity index (χ4n) is 2.96. The largest absolute Gasteiger partial charge is 0.484 e. The highest BCUT2D eigenvalue weighted by Gasteiger charge is 2.23. The van der Waals surface area contributed by atoms with E-state index in [1.54, 1.807) is 0 Å². The molecule has 6 nitrogen and oxygen atoms in total. The maximum atomic E-state index is 12.3. The first-order valence-corrected chi connectivity index (χ1v) is 9.00. The molecule has 25 heavy (non-hydrogen) atoms. The van der Waals surface area contributed by atoms with Crippen LogP contribution in [0.25, 0.3) is 0 Å². The lowest BCUT2D eigenvalue weighted by atomic mass is 10.2. The zero-order chi connectivity index (χ0) is 18.2. The molecule has 0 spiro atoms. The Bertz CT molecular complexity index is 579. The maximum absolute atomic E-state index is 12.3. The summed E-state index contributed by atoms with van der Waals surface area (Å²) in [5.74, 6) is 0.876. The van der Waals surface area contributed by atoms with Gasteiger partial charge in [0.1, 0.15) is 5.75 Å². The van der Waals surface area contributed by atoms with Crippen LogP contribution >= 0.6 is 0 Å². The molecular weight excluding hydrogens is 318 g/mol. The smallest absolute Gasteiger partial charge is 0.260 e. The molecule has 1 aromatic carbocycles. The first kappa shape index (κ1) is 19.2. The number of benzene rings is 1. The summed E-state index contributed by atoms with van der Waals surface area (Å²) in [6.45, 7) is 10.7. The van der Waals surface area contributed by atoms with Crippen LogP contribution in [0.5, 0.6) is 5.75 Å². The van der Waals surface area contributed by atoms with Gasteiger partial charge in [0.2, 0.25) is 5.91 Å². The van der Waals surface area contributed by atoms with Crippen molar-refractivity contribution in [1.82, 2.24) is 14.7 Å². The second-order valence-corrected chi connectivity index (χ2v) is 6.33. The SMILES string of the molecule is CCN(CC)C(=O)CN1CCN(C(=O)COc2cccc(C)c2)CC1. The van der Waals surface area contributed by atoms with E-state index in [9.17, 15) is 9.59 Å². The molecule has 0 saturated carbocycles. The molecule has 0 bridgehead atoms. The first-order valence-electron chi connectivity index (χ1n) is 9.00. The molecule has 1 aromatic rings. The van der Waals surface area contributed by atoms with Crippen molar-refractivity contribution in [3.05, 3.63) is 29.8 Å². The summed E-state index contributed by atoms with van der Waals surface area (Å²) in [6, 6.07) is 7.69. The number of carbonyl (C=O) groups is 2. The summed E-state index contributed by atoms with van der Waals surface area (Å²) in [7, 11) is 0. The maximum Gasteiger partial charge on any atom is 0.260 e. The van der Waals surface area contributed by atoms with Gasteiger partial charge in [0, 0.05) is 39.3 Å². The third kappa shape index (κ3) is 5.74. The van der Waals surface area contributed by atoms with Gasteiger partial charge in [-0.3, -0.25) is 14.5 Å². The van der Waals surface area contributed by atoms with E-state index < -0.39 is 0 Å². The Hall–Kier alpha value is -2.08. The standard InChI is InChI=1S/C19H29N3O3/c1-4-21(5-2)18(23)14-20-9-11-22(12-10-20)19(24)15-25-17-8-6-7-16(3)13-17/h6-8,13H,4-5,9-12,14-15H2,1-3H3. The lowest BCUT2D eigenvalue weighted by Crippen LogP contribution is -2.52. The lowest BCUT2D eigenvalue weighted by Gasteiger charge is -2.35. The highest BCUT2D eigenvalue weighted by molar-refractivity contribution is 5.79. The van der Waals surface area contributed by atoms with Gasteiger partial charge in [-0.1, -0.05) is 12.1 Å². The number of ether oxygens (including phenoxy) is 1. The van der Waals surface area contributed by atoms with Crippen LogP contribution < -0.4 is 4.74 Å². The van der Waals surface area contributed by atoms with Crippen LogP contribution in [0, 0.1) is 6.92 Å². The number of aryl methyl sites for hydroxylation is 1. The number of rotatable bonds is 7. The summed E-state index contributed by atoms with van der Waals surface area (Å²) in [5, 5.41) is 0. The van der Waals surface area contributed by atoms with Crippen molar-refractivity contribution in [1.29, 1.82) is 0 Å². The Morgan fingerprint density at radius 2 is 1.80 bits per heavy atom. The van der Waals surface area contributed by atoms with E-state index >= 15 is 0 Å². The molecule has 1 heterocycles. The molecule has 6 heteroatoms. The number of hydrogen-bond donors (Lipinski definition) is 0. The number of amides is 2. The molecule has 0 aliphatic carbocycles. The Morgan fingerprint density at radius 1 is 1.12 bits per heavy atom. The topological polar surface area (TPSA) is 53.1 Å². The number of carbonyl (C=O) groups excluding carboxylic acids is 2. The zero-order valence-electron chi connectivity index (χ0n) is 15.5. The molecule has 2 amide bonds. The molecule has 2 rings (SSSR count).